The molecule has 0 bridgehead atoms. The quantitative estimate of drug-likeness (QED) is 0.768. The highest BCUT2D eigenvalue weighted by atomic mass is 79.9. The minimum Gasteiger partial charge on any atom is -0.373 e. The number of anilines is 1. The molecular weight excluding hydrogens is 377 g/mol. The van der Waals surface area contributed by atoms with Gasteiger partial charge in [-0.3, -0.25) is 4.57 Å². The van der Waals surface area contributed by atoms with Crippen molar-refractivity contribution in [2.24, 2.45) is 0 Å². The van der Waals surface area contributed by atoms with Crippen molar-refractivity contribution in [2.45, 2.75) is 19.6 Å². The van der Waals surface area contributed by atoms with Gasteiger partial charge in [0.25, 0.3) is 0 Å². The molecule has 0 aliphatic rings. The Morgan fingerprint density at radius 1 is 1.47 bits per heavy atom. The van der Waals surface area contributed by atoms with Gasteiger partial charge in [0.15, 0.2) is 10.8 Å². The van der Waals surface area contributed by atoms with Crippen LogP contribution in [0.2, 0.25) is 5.15 Å². The molecule has 1 atom stereocenters. The van der Waals surface area contributed by atoms with Crippen LogP contribution in [0.4, 0.5) is 5.95 Å². The second kappa shape index (κ2) is 6.48. The molecule has 0 radical (unpaired) electrons. The lowest BCUT2D eigenvalue weighted by molar-refractivity contribution is 0.103. The van der Waals surface area contributed by atoms with Crippen LogP contribution in [0.3, 0.4) is 0 Å². The number of hydrogen-bond acceptors (Lipinski definition) is 5. The van der Waals surface area contributed by atoms with Gasteiger partial charge in [-0.2, -0.15) is 9.97 Å². The number of fused-ring (bicyclic) bond motifs is 1. The second-order valence-electron chi connectivity index (χ2n) is 3.09. The molecule has 0 aliphatic heterocycles. The average molecular weight is 389 g/mol. The highest BCUT2D eigenvalue weighted by Gasteiger charge is 2.14. The molecular formula is C8H12Br2ClN5O. The lowest BCUT2D eigenvalue weighted by Gasteiger charge is -2.09. The normalized spacial score (nSPS) is 11.7. The zero-order valence-corrected chi connectivity index (χ0v) is 13.1. The third kappa shape index (κ3) is 3.06. The van der Waals surface area contributed by atoms with E-state index in [1.54, 1.807) is 0 Å². The maximum Gasteiger partial charge on any atom is 0.223 e. The summed E-state index contributed by atoms with van der Waals surface area (Å²) in [5, 5.41) is 9.87. The third-order valence-corrected chi connectivity index (χ3v) is 2.35. The van der Waals surface area contributed by atoms with Crippen molar-refractivity contribution in [3.8, 4) is 0 Å². The molecule has 0 aromatic carbocycles. The third-order valence-electron chi connectivity index (χ3n) is 2.08. The number of hydrogen-bond donors (Lipinski definition) is 2. The van der Waals surface area contributed by atoms with Gasteiger partial charge in [0, 0.05) is 0 Å². The Morgan fingerprint density at radius 2 is 2.12 bits per heavy atom. The maximum atomic E-state index is 9.68. The average Bonchev–Trinajstić information content (AvgIpc) is 2.60. The van der Waals surface area contributed by atoms with Gasteiger partial charge in [-0.05, 0) is 6.42 Å². The molecule has 0 aliphatic carbocycles. The van der Waals surface area contributed by atoms with Gasteiger partial charge in [-0.15, -0.1) is 34.0 Å². The molecule has 0 fully saturated rings. The molecule has 17 heavy (non-hydrogen) atoms. The van der Waals surface area contributed by atoms with E-state index in [1.165, 1.54) is 10.9 Å². The summed E-state index contributed by atoms with van der Waals surface area (Å²) in [6, 6.07) is 0. The molecule has 0 amide bonds. The Morgan fingerprint density at radius 3 is 2.71 bits per heavy atom. The molecule has 2 aromatic heterocycles. The van der Waals surface area contributed by atoms with Crippen molar-refractivity contribution in [3.05, 3.63) is 11.5 Å². The first kappa shape index (κ1) is 16.6. The minimum atomic E-state index is -0.680. The highest BCUT2D eigenvalue weighted by Crippen LogP contribution is 2.22. The summed E-state index contributed by atoms with van der Waals surface area (Å²) >= 11 is 5.83. The molecule has 0 spiro atoms. The van der Waals surface area contributed by atoms with Gasteiger partial charge in [0.05, 0.1) is 6.33 Å². The number of rotatable bonds is 2. The number of halogens is 3. The molecule has 0 saturated heterocycles. The van der Waals surface area contributed by atoms with Crippen LogP contribution in [-0.4, -0.2) is 24.6 Å². The van der Waals surface area contributed by atoms with E-state index in [9.17, 15) is 5.11 Å². The Kier molecular flexibility index (Phi) is 6.31. The summed E-state index contributed by atoms with van der Waals surface area (Å²) in [4.78, 5) is 11.8. The summed E-state index contributed by atoms with van der Waals surface area (Å²) in [6.45, 7) is 1.85. The molecule has 0 saturated carbocycles. The lowest BCUT2D eigenvalue weighted by Crippen LogP contribution is -2.07. The monoisotopic (exact) mass is 387 g/mol. The number of aliphatic hydroxyl groups excluding tert-OH is 1. The van der Waals surface area contributed by atoms with Crippen LogP contribution in [0.1, 0.15) is 19.6 Å². The highest BCUT2D eigenvalue weighted by molar-refractivity contribution is 8.93. The first-order valence-electron chi connectivity index (χ1n) is 4.47. The smallest absolute Gasteiger partial charge is 0.223 e. The summed E-state index contributed by atoms with van der Waals surface area (Å²) in [5.41, 5.74) is 6.35. The number of nitrogen functional groups attached to an aromatic ring is 1. The zero-order chi connectivity index (χ0) is 11.0. The summed E-state index contributed by atoms with van der Waals surface area (Å²) in [5.74, 6) is 0.0672. The van der Waals surface area contributed by atoms with Crippen LogP contribution in [0, 0.1) is 0 Å². The van der Waals surface area contributed by atoms with Crippen LogP contribution < -0.4 is 5.73 Å². The summed E-state index contributed by atoms with van der Waals surface area (Å²) in [6.07, 6.45) is 1.34. The van der Waals surface area contributed by atoms with E-state index < -0.39 is 6.23 Å². The number of nitrogens with two attached hydrogens (primary N) is 1. The summed E-state index contributed by atoms with van der Waals surface area (Å²) < 4.78 is 1.51. The lowest BCUT2D eigenvalue weighted by atomic mass is 10.4. The standard InChI is InChI=1S/C8H10ClN5O.2BrH/c1-2-4(15)14-3-11-5-6(9)12-8(10)13-7(5)14;;/h3-4,15H,2H2,1H3,(H2,10,12,13);2*1H. The van der Waals surface area contributed by atoms with E-state index in [4.69, 9.17) is 17.3 Å². The molecule has 9 heteroatoms. The number of aromatic nitrogens is 4. The van der Waals surface area contributed by atoms with E-state index in [0.29, 0.717) is 17.6 Å². The Labute approximate surface area is 124 Å². The Bertz CT molecular complexity index is 506. The maximum absolute atomic E-state index is 9.68. The molecule has 2 rings (SSSR count). The van der Waals surface area contributed by atoms with E-state index in [0.717, 1.165) is 0 Å². The topological polar surface area (TPSA) is 89.8 Å². The largest absolute Gasteiger partial charge is 0.373 e. The fraction of sp³-hybridized carbons (Fsp3) is 0.375. The van der Waals surface area contributed by atoms with Crippen molar-refractivity contribution in [1.82, 2.24) is 19.5 Å². The van der Waals surface area contributed by atoms with Crippen LogP contribution in [0.5, 0.6) is 0 Å². The molecule has 1 unspecified atom stereocenters. The van der Waals surface area contributed by atoms with E-state index >= 15 is 0 Å². The van der Waals surface area contributed by atoms with Gasteiger partial charge in [-0.25, -0.2) is 4.98 Å². The Balaban J connectivity index is 0.00000128. The van der Waals surface area contributed by atoms with Crippen molar-refractivity contribution < 1.29 is 5.11 Å². The first-order chi connectivity index (χ1) is 7.13. The molecule has 2 aromatic rings. The number of aliphatic hydroxyl groups is 1. The van der Waals surface area contributed by atoms with Crippen LogP contribution in [0.25, 0.3) is 11.2 Å². The predicted molar refractivity (Wildman–Crippen MR) is 76.9 cm³/mol. The van der Waals surface area contributed by atoms with E-state index in [2.05, 4.69) is 15.0 Å². The van der Waals surface area contributed by atoms with Crippen LogP contribution >= 0.6 is 45.6 Å². The van der Waals surface area contributed by atoms with Crippen molar-refractivity contribution in [2.75, 3.05) is 5.73 Å². The van der Waals surface area contributed by atoms with Gasteiger partial charge in [0.1, 0.15) is 11.7 Å². The minimum absolute atomic E-state index is 0. The fourth-order valence-corrected chi connectivity index (χ4v) is 1.53. The number of nitrogens with zero attached hydrogens (tertiary/aromatic N) is 4. The van der Waals surface area contributed by atoms with Gasteiger partial charge < -0.3 is 10.8 Å². The van der Waals surface area contributed by atoms with Gasteiger partial charge >= 0.3 is 0 Å². The van der Waals surface area contributed by atoms with Crippen molar-refractivity contribution in [3.63, 3.8) is 0 Å². The Hall–Kier alpha value is -0.440. The first-order valence-corrected chi connectivity index (χ1v) is 4.85. The SMILES string of the molecule is Br.Br.CCC(O)n1cnc2c(Cl)nc(N)nc21. The van der Waals surface area contributed by atoms with Crippen molar-refractivity contribution in [1.29, 1.82) is 0 Å². The second-order valence-corrected chi connectivity index (χ2v) is 3.44. The fourth-order valence-electron chi connectivity index (χ4n) is 1.31. The zero-order valence-electron chi connectivity index (χ0n) is 8.87. The van der Waals surface area contributed by atoms with Gasteiger partial charge in [0.2, 0.25) is 5.95 Å². The number of imidazole rings is 1. The summed E-state index contributed by atoms with van der Waals surface area (Å²) in [7, 11) is 0. The van der Waals surface area contributed by atoms with Crippen LogP contribution in [-0.2, 0) is 0 Å². The molecule has 96 valence electrons. The predicted octanol–water partition coefficient (Wildman–Crippen LogP) is 2.12. The van der Waals surface area contributed by atoms with Crippen molar-refractivity contribution >= 4 is 62.7 Å². The van der Waals surface area contributed by atoms with Crippen LogP contribution in [0.15, 0.2) is 6.33 Å². The molecule has 2 heterocycles. The van der Waals surface area contributed by atoms with Gasteiger partial charge in [-0.1, -0.05) is 18.5 Å². The molecule has 3 N–H and O–H groups in total. The van der Waals surface area contributed by atoms with E-state index in [1.807, 2.05) is 6.92 Å². The molecule has 6 nitrogen and oxygen atoms in total. The van der Waals surface area contributed by atoms with E-state index in [-0.39, 0.29) is 45.1 Å².